The van der Waals surface area contributed by atoms with Gasteiger partial charge in [0, 0.05) is 21.7 Å². The van der Waals surface area contributed by atoms with Gasteiger partial charge in [-0.3, -0.25) is 15.2 Å². The lowest BCUT2D eigenvalue weighted by Gasteiger charge is -2.11. The molecule has 1 aromatic carbocycles. The number of benzene rings is 1. The summed E-state index contributed by atoms with van der Waals surface area (Å²) in [6, 6.07) is 7.22. The van der Waals surface area contributed by atoms with Crippen molar-refractivity contribution in [2.45, 2.75) is 6.92 Å². The first kappa shape index (κ1) is 19.8. The number of hydrogen-bond acceptors (Lipinski definition) is 7. The van der Waals surface area contributed by atoms with Crippen molar-refractivity contribution in [3.8, 4) is 11.3 Å². The third kappa shape index (κ3) is 3.70. The van der Waals surface area contributed by atoms with Gasteiger partial charge in [-0.1, -0.05) is 23.7 Å². The Balaban J connectivity index is 1.58. The molecule has 152 valence electrons. The van der Waals surface area contributed by atoms with Gasteiger partial charge in [-0.2, -0.15) is 5.10 Å². The average Bonchev–Trinajstić information content (AvgIpc) is 3.26. The van der Waals surface area contributed by atoms with Crippen LogP contribution in [0.5, 0.6) is 0 Å². The summed E-state index contributed by atoms with van der Waals surface area (Å²) in [4.78, 5) is 32.4. The van der Waals surface area contributed by atoms with E-state index >= 15 is 0 Å². The quantitative estimate of drug-likeness (QED) is 0.460. The van der Waals surface area contributed by atoms with Crippen LogP contribution in [0.15, 0.2) is 50.1 Å². The van der Waals surface area contributed by atoms with Gasteiger partial charge < -0.3 is 10.1 Å². The second kappa shape index (κ2) is 7.73. The Labute approximate surface area is 178 Å². The molecule has 4 rings (SSSR count). The van der Waals surface area contributed by atoms with Crippen LogP contribution in [-0.2, 0) is 0 Å². The van der Waals surface area contributed by atoms with E-state index in [1.54, 1.807) is 19.1 Å². The van der Waals surface area contributed by atoms with Crippen molar-refractivity contribution < 1.29 is 5.11 Å². The van der Waals surface area contributed by atoms with Crippen LogP contribution < -0.4 is 11.2 Å². The summed E-state index contributed by atoms with van der Waals surface area (Å²) in [5, 5.41) is 27.1. The number of rotatable bonds is 4. The third-order valence-corrected chi connectivity index (χ3v) is 5.56. The Morgan fingerprint density at radius 2 is 2.03 bits per heavy atom. The number of nitrogens with one attached hydrogen (secondary N) is 3. The van der Waals surface area contributed by atoms with E-state index in [0.717, 1.165) is 5.56 Å². The Morgan fingerprint density at radius 1 is 1.30 bits per heavy atom. The molecule has 0 amide bonds. The van der Waals surface area contributed by atoms with Crippen molar-refractivity contribution in [1.82, 2.24) is 20.0 Å². The van der Waals surface area contributed by atoms with Crippen molar-refractivity contribution in [2.75, 3.05) is 6.54 Å². The summed E-state index contributed by atoms with van der Waals surface area (Å²) in [6.07, 6.45) is 1.25. The minimum Gasteiger partial charge on any atom is -0.509 e. The van der Waals surface area contributed by atoms with Crippen LogP contribution in [0.3, 0.4) is 0 Å². The highest BCUT2D eigenvalue weighted by Crippen LogP contribution is 2.32. The van der Waals surface area contributed by atoms with Gasteiger partial charge in [0.2, 0.25) is 0 Å². The normalized spacial score (nSPS) is 14.3. The van der Waals surface area contributed by atoms with Gasteiger partial charge in [-0.15, -0.1) is 11.3 Å². The molecule has 3 heterocycles. The van der Waals surface area contributed by atoms with E-state index in [4.69, 9.17) is 17.0 Å². The minimum atomic E-state index is -0.606. The summed E-state index contributed by atoms with van der Waals surface area (Å²) in [5.74, 6) is -0.0829. The number of hydrazone groups is 1. The lowest BCUT2D eigenvalue weighted by atomic mass is 10.2. The smallest absolute Gasteiger partial charge is 0.325 e. The molecule has 0 aliphatic carbocycles. The van der Waals surface area contributed by atoms with Crippen LogP contribution in [0.4, 0.5) is 0 Å². The van der Waals surface area contributed by atoms with Crippen molar-refractivity contribution >= 4 is 40.6 Å². The maximum Gasteiger partial charge on any atom is 0.325 e. The number of nitrogens with zero attached hydrogens (tertiary/aromatic N) is 3. The molecule has 4 N–H and O–H groups in total. The number of aromatic nitrogens is 3. The molecular weight excluding hydrogens is 428 g/mol. The Bertz CT molecular complexity index is 1320. The number of aliphatic hydroxyl groups is 1. The molecule has 0 fully saturated rings. The fourth-order valence-electron chi connectivity index (χ4n) is 2.92. The van der Waals surface area contributed by atoms with Crippen molar-refractivity contribution in [3.63, 3.8) is 0 Å². The zero-order chi connectivity index (χ0) is 21.4. The largest absolute Gasteiger partial charge is 0.509 e. The fraction of sp³-hybridized carbons (Fsp3) is 0.105. The highest BCUT2D eigenvalue weighted by molar-refractivity contribution is 7.11. The van der Waals surface area contributed by atoms with Crippen molar-refractivity contribution in [2.24, 2.45) is 5.10 Å². The van der Waals surface area contributed by atoms with E-state index < -0.39 is 11.2 Å². The number of thiazole rings is 1. The van der Waals surface area contributed by atoms with E-state index in [1.165, 1.54) is 22.6 Å². The minimum absolute atomic E-state index is 0.0270. The maximum atomic E-state index is 11.9. The van der Waals surface area contributed by atoms with Gasteiger partial charge in [0.1, 0.15) is 17.3 Å². The van der Waals surface area contributed by atoms with Crippen LogP contribution in [0.2, 0.25) is 5.02 Å². The first-order valence-corrected chi connectivity index (χ1v) is 9.97. The molecule has 2 aromatic heterocycles. The summed E-state index contributed by atoms with van der Waals surface area (Å²) < 4.78 is 0. The van der Waals surface area contributed by atoms with E-state index in [9.17, 15) is 14.7 Å². The van der Waals surface area contributed by atoms with Gasteiger partial charge in [0.25, 0.3) is 5.56 Å². The number of aryl methyl sites for hydroxylation is 1. The molecule has 3 aromatic rings. The first-order valence-electron chi connectivity index (χ1n) is 8.71. The monoisotopic (exact) mass is 442 g/mol. The second-order valence-corrected chi connectivity index (χ2v) is 7.76. The van der Waals surface area contributed by atoms with Crippen LogP contribution in [0.25, 0.3) is 16.8 Å². The maximum absolute atomic E-state index is 11.9. The number of amidine groups is 1. The summed E-state index contributed by atoms with van der Waals surface area (Å²) >= 11 is 7.22. The second-order valence-electron chi connectivity index (χ2n) is 6.46. The molecule has 1 aliphatic heterocycles. The summed E-state index contributed by atoms with van der Waals surface area (Å²) in [6.45, 7) is 1.54. The van der Waals surface area contributed by atoms with E-state index in [2.05, 4.69) is 20.1 Å². The Hall–Kier alpha value is -3.50. The molecule has 0 radical (unpaired) electrons. The summed E-state index contributed by atoms with van der Waals surface area (Å²) in [5.41, 5.74) is 1.18. The van der Waals surface area contributed by atoms with Gasteiger partial charge in [0.05, 0.1) is 23.0 Å². The average molecular weight is 443 g/mol. The molecule has 9 nitrogen and oxygen atoms in total. The molecule has 1 aliphatic rings. The number of aliphatic hydroxyl groups excluding tert-OH is 1. The molecule has 0 unspecified atom stereocenters. The summed E-state index contributed by atoms with van der Waals surface area (Å²) in [7, 11) is 0. The van der Waals surface area contributed by atoms with E-state index in [0.29, 0.717) is 21.4 Å². The number of aromatic amines is 2. The zero-order valence-electron chi connectivity index (χ0n) is 15.6. The lowest BCUT2D eigenvalue weighted by molar-refractivity contribution is 0.358. The highest BCUT2D eigenvalue weighted by Gasteiger charge is 2.30. The van der Waals surface area contributed by atoms with E-state index in [1.807, 2.05) is 17.5 Å². The first-order chi connectivity index (χ1) is 14.3. The van der Waals surface area contributed by atoms with E-state index in [-0.39, 0.29) is 29.3 Å². The predicted molar refractivity (Wildman–Crippen MR) is 117 cm³/mol. The molecule has 0 spiro atoms. The van der Waals surface area contributed by atoms with Crippen LogP contribution in [-0.4, -0.2) is 43.7 Å². The standard InChI is InChI=1S/C19H15ClN6O3S/c1-9-12(17(28)25-19(29)23-9)6-22-26-7-14(27)15(16(26)21)18-24-13(8-30-18)10-2-4-11(20)5-3-10/h2-6,8,21,27H,7H2,1H3,(H2,23,25,28,29)/b21-16?,22-6-. The van der Waals surface area contributed by atoms with Gasteiger partial charge >= 0.3 is 5.69 Å². The Kier molecular flexibility index (Phi) is 5.10. The predicted octanol–water partition coefficient (Wildman–Crippen LogP) is 2.74. The van der Waals surface area contributed by atoms with Gasteiger partial charge in [0.15, 0.2) is 5.84 Å². The molecule has 0 bridgehead atoms. The number of hydrogen-bond donors (Lipinski definition) is 4. The molecular formula is C19H15ClN6O3S. The SMILES string of the molecule is Cc1[nH]c(=O)[nH]c(=O)c1/C=N\N1CC(O)=C(c2nc(-c3ccc(Cl)cc3)cs2)C1=N. The van der Waals surface area contributed by atoms with Crippen LogP contribution in [0, 0.1) is 12.3 Å². The van der Waals surface area contributed by atoms with Gasteiger partial charge in [-0.25, -0.2) is 14.8 Å². The van der Waals surface area contributed by atoms with Gasteiger partial charge in [-0.05, 0) is 19.1 Å². The molecule has 0 atom stereocenters. The highest BCUT2D eigenvalue weighted by atomic mass is 35.5. The molecule has 11 heteroatoms. The van der Waals surface area contributed by atoms with Crippen LogP contribution >= 0.6 is 22.9 Å². The zero-order valence-corrected chi connectivity index (χ0v) is 17.1. The van der Waals surface area contributed by atoms with Crippen molar-refractivity contribution in [3.05, 3.63) is 77.5 Å². The fourth-order valence-corrected chi connectivity index (χ4v) is 3.94. The van der Waals surface area contributed by atoms with Crippen molar-refractivity contribution in [1.29, 1.82) is 5.41 Å². The number of H-pyrrole nitrogens is 2. The number of halogens is 1. The molecule has 30 heavy (non-hydrogen) atoms. The molecule has 0 saturated heterocycles. The Morgan fingerprint density at radius 3 is 2.73 bits per heavy atom. The topological polar surface area (TPSA) is 138 Å². The third-order valence-electron chi connectivity index (χ3n) is 4.44. The lowest BCUT2D eigenvalue weighted by Crippen LogP contribution is -2.28. The van der Waals surface area contributed by atoms with Crippen LogP contribution in [0.1, 0.15) is 16.3 Å². The molecule has 0 saturated carbocycles.